The fourth-order valence-electron chi connectivity index (χ4n) is 2.29. The third-order valence-corrected chi connectivity index (χ3v) is 3.55. The van der Waals surface area contributed by atoms with Gasteiger partial charge in [0.15, 0.2) is 5.69 Å². The number of halogens is 2. The van der Waals surface area contributed by atoms with Crippen LogP contribution in [0.4, 0.5) is 14.5 Å². The van der Waals surface area contributed by atoms with Gasteiger partial charge < -0.3 is 5.32 Å². The Morgan fingerprint density at radius 3 is 2.58 bits per heavy atom. The predicted octanol–water partition coefficient (Wildman–Crippen LogP) is 1.24. The summed E-state index contributed by atoms with van der Waals surface area (Å²) in [6.07, 6.45) is 2.80. The molecule has 0 aliphatic carbocycles. The van der Waals surface area contributed by atoms with Gasteiger partial charge >= 0.3 is 5.91 Å². The number of amides is 2. The number of primary amides is 1. The minimum atomic E-state index is -1.01. The fraction of sp³-hybridized carbons (Fsp3) is 0.0588. The van der Waals surface area contributed by atoms with Gasteiger partial charge in [-0.25, -0.2) is 13.6 Å². The molecule has 0 fully saturated rings. The van der Waals surface area contributed by atoms with Gasteiger partial charge in [-0.05, 0) is 24.3 Å². The van der Waals surface area contributed by atoms with Crippen molar-refractivity contribution in [2.45, 2.75) is 6.54 Å². The molecule has 26 heavy (non-hydrogen) atoms. The molecule has 0 radical (unpaired) electrons. The smallest absolute Gasteiger partial charge is 0.318 e. The van der Waals surface area contributed by atoms with E-state index in [9.17, 15) is 18.4 Å². The van der Waals surface area contributed by atoms with Gasteiger partial charge in [0.05, 0.1) is 17.6 Å². The summed E-state index contributed by atoms with van der Waals surface area (Å²) in [5, 5.41) is 9.85. The summed E-state index contributed by atoms with van der Waals surface area (Å²) in [6, 6.07) is 8.42. The largest absolute Gasteiger partial charge is 0.363 e. The van der Waals surface area contributed by atoms with Crippen LogP contribution in [0.2, 0.25) is 0 Å². The van der Waals surface area contributed by atoms with Crippen molar-refractivity contribution >= 4 is 17.5 Å². The van der Waals surface area contributed by atoms with Gasteiger partial charge in [0.25, 0.3) is 5.91 Å². The van der Waals surface area contributed by atoms with Crippen LogP contribution in [0.3, 0.4) is 0 Å². The minimum Gasteiger partial charge on any atom is -0.318 e. The molecule has 2 heterocycles. The second-order valence-electron chi connectivity index (χ2n) is 5.30. The Kier molecular flexibility index (Phi) is 5.09. The highest BCUT2D eigenvalue weighted by Crippen LogP contribution is 2.16. The van der Waals surface area contributed by atoms with Crippen LogP contribution in [-0.2, 0) is 6.54 Å². The number of pyridine rings is 1. The van der Waals surface area contributed by atoms with Crippen LogP contribution in [0.15, 0.2) is 48.8 Å². The Labute approximate surface area is 146 Å². The fourth-order valence-corrected chi connectivity index (χ4v) is 2.29. The summed E-state index contributed by atoms with van der Waals surface area (Å²) in [5.74, 6) is -3.44. The molecule has 0 spiro atoms. The molecule has 4 N–H and O–H groups in total. The maximum atomic E-state index is 13.7. The summed E-state index contributed by atoms with van der Waals surface area (Å²) in [7, 11) is 0. The highest BCUT2D eigenvalue weighted by molar-refractivity contribution is 6.07. The first kappa shape index (κ1) is 17.4. The number of nitrogens with zero attached hydrogens (tertiary/aromatic N) is 2. The molecule has 0 saturated carbocycles. The van der Waals surface area contributed by atoms with Crippen molar-refractivity contribution in [2.24, 2.45) is 0 Å². The number of nitrogens with one attached hydrogen (secondary N) is 2. The van der Waals surface area contributed by atoms with Crippen molar-refractivity contribution in [2.75, 3.05) is 5.32 Å². The lowest BCUT2D eigenvalue weighted by atomic mass is 10.2. The third kappa shape index (κ3) is 3.78. The standard InChI is InChI=1S/C17H13F2N5O2/c18-11-5-3-6-12(19)14(11)16(25)23-13-9-22-24-15(13)17(26)21-8-10-4-1-2-7-20-10/h1-7,9H,8H2,(H,21,26)(H,22,24)(H,23,25)/p+1. The van der Waals surface area contributed by atoms with Crippen molar-refractivity contribution in [1.82, 2.24) is 15.2 Å². The summed E-state index contributed by atoms with van der Waals surface area (Å²) in [5.41, 5.74) is -0.00473. The Bertz CT molecular complexity index is 923. The summed E-state index contributed by atoms with van der Waals surface area (Å²) in [4.78, 5) is 28.5. The lowest BCUT2D eigenvalue weighted by Gasteiger charge is -2.06. The quantitative estimate of drug-likeness (QED) is 0.638. The molecule has 0 unspecified atom stereocenters. The van der Waals surface area contributed by atoms with Crippen LogP contribution in [0.25, 0.3) is 0 Å². The topological polar surface area (TPSA) is 104 Å². The summed E-state index contributed by atoms with van der Waals surface area (Å²) in [6.45, 7) is 0.286. The Morgan fingerprint density at radius 1 is 1.12 bits per heavy atom. The number of aromatic nitrogens is 3. The molecule has 3 rings (SSSR count). The molecule has 0 atom stereocenters. The van der Waals surface area contributed by atoms with E-state index in [2.05, 4.69) is 20.5 Å². The minimum absolute atomic E-state index is 0.00558. The average Bonchev–Trinajstić information content (AvgIpc) is 3.08. The second kappa shape index (κ2) is 7.62. The lowest BCUT2D eigenvalue weighted by Crippen LogP contribution is -2.86. The number of carbonyl (C=O) groups is 2. The van der Waals surface area contributed by atoms with Gasteiger partial charge in [-0.1, -0.05) is 12.1 Å². The lowest BCUT2D eigenvalue weighted by molar-refractivity contribution is -0.572. The SMILES string of the molecule is O=C([NH2+]Cc1ccccn1)c1[nH]ncc1NC(=O)c1c(F)cccc1F. The third-order valence-electron chi connectivity index (χ3n) is 3.55. The van der Waals surface area contributed by atoms with E-state index in [1.165, 1.54) is 11.5 Å². The number of rotatable bonds is 5. The van der Waals surface area contributed by atoms with E-state index in [0.717, 1.165) is 18.2 Å². The van der Waals surface area contributed by atoms with Crippen molar-refractivity contribution in [1.29, 1.82) is 0 Å². The molecule has 0 aliphatic heterocycles. The summed E-state index contributed by atoms with van der Waals surface area (Å²) >= 11 is 0. The zero-order valence-electron chi connectivity index (χ0n) is 13.4. The number of carbonyl (C=O) groups excluding carboxylic acids is 2. The monoisotopic (exact) mass is 358 g/mol. The molecule has 3 aromatic rings. The van der Waals surface area contributed by atoms with Gasteiger partial charge in [-0.3, -0.25) is 20.2 Å². The first-order valence-corrected chi connectivity index (χ1v) is 7.62. The van der Waals surface area contributed by atoms with E-state index < -0.39 is 29.0 Å². The van der Waals surface area contributed by atoms with Gasteiger partial charge in [-0.2, -0.15) is 5.10 Å². The van der Waals surface area contributed by atoms with Crippen LogP contribution < -0.4 is 10.6 Å². The van der Waals surface area contributed by atoms with Crippen LogP contribution >= 0.6 is 0 Å². The Balaban J connectivity index is 1.72. The highest BCUT2D eigenvalue weighted by Gasteiger charge is 2.22. The Hall–Kier alpha value is -3.46. The van der Waals surface area contributed by atoms with Crippen molar-refractivity contribution in [3.63, 3.8) is 0 Å². The van der Waals surface area contributed by atoms with E-state index in [4.69, 9.17) is 0 Å². The molecule has 0 aliphatic rings. The zero-order valence-corrected chi connectivity index (χ0v) is 13.4. The molecule has 1 aromatic carbocycles. The molecule has 2 amide bonds. The zero-order chi connectivity index (χ0) is 18.5. The van der Waals surface area contributed by atoms with Crippen molar-refractivity contribution in [3.05, 3.63) is 77.4 Å². The number of aromatic amines is 1. The van der Waals surface area contributed by atoms with Gasteiger partial charge in [0.2, 0.25) is 0 Å². The van der Waals surface area contributed by atoms with Crippen molar-refractivity contribution in [3.8, 4) is 0 Å². The average molecular weight is 358 g/mol. The van der Waals surface area contributed by atoms with E-state index in [1.54, 1.807) is 24.4 Å². The first-order valence-electron chi connectivity index (χ1n) is 7.62. The highest BCUT2D eigenvalue weighted by atomic mass is 19.1. The number of H-pyrrole nitrogens is 1. The number of hydrogen-bond acceptors (Lipinski definition) is 4. The number of nitrogens with two attached hydrogens (primary N) is 1. The van der Waals surface area contributed by atoms with E-state index in [-0.39, 0.29) is 17.9 Å². The van der Waals surface area contributed by atoms with Crippen LogP contribution in [0.5, 0.6) is 0 Å². The Morgan fingerprint density at radius 2 is 1.88 bits per heavy atom. The van der Waals surface area contributed by atoms with E-state index in [0.29, 0.717) is 5.69 Å². The van der Waals surface area contributed by atoms with E-state index >= 15 is 0 Å². The molecule has 132 valence electrons. The molecular formula is C17H14F2N5O2+. The van der Waals surface area contributed by atoms with E-state index in [1.807, 2.05) is 0 Å². The maximum absolute atomic E-state index is 13.7. The number of hydrogen-bond donors (Lipinski definition) is 3. The number of anilines is 1. The predicted molar refractivity (Wildman–Crippen MR) is 87.1 cm³/mol. The number of quaternary nitrogens is 1. The van der Waals surface area contributed by atoms with Crippen LogP contribution in [0.1, 0.15) is 26.5 Å². The molecule has 0 bridgehead atoms. The van der Waals surface area contributed by atoms with Gasteiger partial charge in [0.1, 0.15) is 23.7 Å². The normalized spacial score (nSPS) is 10.5. The second-order valence-corrected chi connectivity index (χ2v) is 5.30. The molecule has 0 saturated heterocycles. The molecule has 9 heteroatoms. The molecular weight excluding hydrogens is 344 g/mol. The molecule has 2 aromatic heterocycles. The maximum Gasteiger partial charge on any atom is 0.363 e. The van der Waals surface area contributed by atoms with Crippen LogP contribution in [-0.4, -0.2) is 27.0 Å². The molecule has 7 nitrogen and oxygen atoms in total. The summed E-state index contributed by atoms with van der Waals surface area (Å²) < 4.78 is 27.4. The van der Waals surface area contributed by atoms with Gasteiger partial charge in [0, 0.05) is 6.20 Å². The van der Waals surface area contributed by atoms with Gasteiger partial charge in [-0.15, -0.1) is 0 Å². The number of benzene rings is 1. The van der Waals surface area contributed by atoms with Crippen molar-refractivity contribution < 1.29 is 23.7 Å². The first-order chi connectivity index (χ1) is 12.6. The van der Waals surface area contributed by atoms with Crippen LogP contribution in [0, 0.1) is 11.6 Å².